The fraction of sp³-hybridized carbons (Fsp3) is 0.222. The number of carbonyl (C=O) groups is 3. The number of hydrogen-bond acceptors (Lipinski definition) is 3. The summed E-state index contributed by atoms with van der Waals surface area (Å²) in [4.78, 5) is 29.8. The third-order valence-corrected chi connectivity index (χ3v) is 1.71. The zero-order valence-electron chi connectivity index (χ0n) is 7.90. The van der Waals surface area contributed by atoms with Crippen molar-refractivity contribution in [3.05, 3.63) is 23.8 Å². The fourth-order valence-electron chi connectivity index (χ4n) is 0.847. The van der Waals surface area contributed by atoms with E-state index in [1.807, 2.05) is 0 Å². The van der Waals surface area contributed by atoms with E-state index in [1.165, 1.54) is 0 Å². The SMILES string of the molecule is C=CC(N)=O.O=C(O)C1=C(C(=O)O)CC1. The highest BCUT2D eigenvalue weighted by Crippen LogP contribution is 2.27. The van der Waals surface area contributed by atoms with Crippen LogP contribution in [0, 0.1) is 0 Å². The maximum absolute atomic E-state index is 10.2. The molecule has 0 spiro atoms. The Morgan fingerprint density at radius 1 is 1.13 bits per heavy atom. The van der Waals surface area contributed by atoms with Crippen molar-refractivity contribution < 1.29 is 24.6 Å². The zero-order valence-corrected chi connectivity index (χ0v) is 7.90. The summed E-state index contributed by atoms with van der Waals surface area (Å²) in [5.74, 6) is -2.70. The Balaban J connectivity index is 0.000000336. The molecule has 0 aromatic rings. The minimum atomic E-state index is -1.11. The Hall–Kier alpha value is -2.11. The third kappa shape index (κ3) is 4.08. The van der Waals surface area contributed by atoms with Crippen LogP contribution in [0.5, 0.6) is 0 Å². The van der Waals surface area contributed by atoms with Crippen LogP contribution in [0.25, 0.3) is 0 Å². The highest BCUT2D eigenvalue weighted by molar-refractivity contribution is 6.01. The third-order valence-electron chi connectivity index (χ3n) is 1.71. The number of carboxylic acid groups (broad SMARTS) is 2. The lowest BCUT2D eigenvalue weighted by Crippen LogP contribution is -2.18. The van der Waals surface area contributed by atoms with Crippen molar-refractivity contribution in [1.82, 2.24) is 0 Å². The van der Waals surface area contributed by atoms with Gasteiger partial charge in [-0.25, -0.2) is 9.59 Å². The first kappa shape index (κ1) is 12.9. The molecule has 6 nitrogen and oxygen atoms in total. The molecule has 6 heteroatoms. The van der Waals surface area contributed by atoms with Gasteiger partial charge in [-0.3, -0.25) is 4.79 Å². The van der Waals surface area contributed by atoms with E-state index in [1.54, 1.807) is 0 Å². The highest BCUT2D eigenvalue weighted by Gasteiger charge is 2.27. The zero-order chi connectivity index (χ0) is 12.0. The minimum Gasteiger partial charge on any atom is -0.478 e. The largest absolute Gasteiger partial charge is 0.478 e. The second-order valence-electron chi connectivity index (χ2n) is 2.67. The number of amides is 1. The molecular formula is C9H11NO5. The predicted octanol–water partition coefficient (Wildman–Crippen LogP) is -0.0963. The summed E-state index contributed by atoms with van der Waals surface area (Å²) in [5.41, 5.74) is 4.63. The molecule has 1 aliphatic carbocycles. The van der Waals surface area contributed by atoms with Crippen molar-refractivity contribution in [3.8, 4) is 0 Å². The second kappa shape index (κ2) is 5.58. The standard InChI is InChI=1S/C6H6O4.C3H5NO/c7-5(8)3-1-2-4(3)6(9)10;1-2-3(4)5/h1-2H2,(H,7,8)(H,9,10);2H,1H2,(H2,4,5). The molecule has 0 fully saturated rings. The molecule has 0 unspecified atom stereocenters. The fourth-order valence-corrected chi connectivity index (χ4v) is 0.847. The minimum absolute atomic E-state index is 0.0486. The summed E-state index contributed by atoms with van der Waals surface area (Å²) in [7, 11) is 0. The number of hydrogen-bond donors (Lipinski definition) is 3. The van der Waals surface area contributed by atoms with Crippen molar-refractivity contribution in [3.63, 3.8) is 0 Å². The van der Waals surface area contributed by atoms with Crippen LogP contribution in [0.1, 0.15) is 12.8 Å². The molecule has 0 aromatic carbocycles. The summed E-state index contributed by atoms with van der Waals surface area (Å²) >= 11 is 0. The number of carboxylic acids is 2. The van der Waals surface area contributed by atoms with Crippen molar-refractivity contribution in [1.29, 1.82) is 0 Å². The molecule has 0 radical (unpaired) electrons. The first-order valence-corrected chi connectivity index (χ1v) is 4.00. The van der Waals surface area contributed by atoms with Gasteiger partial charge in [0.05, 0.1) is 0 Å². The maximum atomic E-state index is 10.2. The molecule has 1 amide bonds. The van der Waals surface area contributed by atoms with Crippen LogP contribution < -0.4 is 5.73 Å². The lowest BCUT2D eigenvalue weighted by molar-refractivity contribution is -0.137. The Morgan fingerprint density at radius 3 is 1.47 bits per heavy atom. The average molecular weight is 213 g/mol. The molecule has 0 bridgehead atoms. The van der Waals surface area contributed by atoms with Crippen LogP contribution in [0.3, 0.4) is 0 Å². The molecule has 0 aliphatic heterocycles. The lowest BCUT2D eigenvalue weighted by Gasteiger charge is -2.15. The van der Waals surface area contributed by atoms with E-state index >= 15 is 0 Å². The molecule has 0 saturated carbocycles. The van der Waals surface area contributed by atoms with Crippen LogP contribution in [-0.4, -0.2) is 28.1 Å². The van der Waals surface area contributed by atoms with E-state index in [2.05, 4.69) is 12.3 Å². The summed E-state index contributed by atoms with van der Waals surface area (Å²) < 4.78 is 0. The summed E-state index contributed by atoms with van der Waals surface area (Å²) in [5, 5.41) is 16.7. The van der Waals surface area contributed by atoms with E-state index in [0.717, 1.165) is 6.08 Å². The molecular weight excluding hydrogens is 202 g/mol. The monoisotopic (exact) mass is 213 g/mol. The topological polar surface area (TPSA) is 118 Å². The van der Waals surface area contributed by atoms with Gasteiger partial charge in [0, 0.05) is 11.1 Å². The van der Waals surface area contributed by atoms with Gasteiger partial charge in [0.15, 0.2) is 0 Å². The van der Waals surface area contributed by atoms with Crippen LogP contribution >= 0.6 is 0 Å². The van der Waals surface area contributed by atoms with Gasteiger partial charge in [-0.05, 0) is 18.9 Å². The number of aliphatic carboxylic acids is 2. The van der Waals surface area contributed by atoms with Crippen LogP contribution in [0.4, 0.5) is 0 Å². The van der Waals surface area contributed by atoms with Gasteiger partial charge >= 0.3 is 11.9 Å². The van der Waals surface area contributed by atoms with Gasteiger partial charge in [0.1, 0.15) is 0 Å². The van der Waals surface area contributed by atoms with E-state index in [9.17, 15) is 14.4 Å². The summed E-state index contributed by atoms with van der Waals surface area (Å²) in [6.07, 6.45) is 1.83. The Morgan fingerprint density at radius 2 is 1.40 bits per heavy atom. The number of primary amides is 1. The van der Waals surface area contributed by atoms with Gasteiger partial charge in [-0.1, -0.05) is 6.58 Å². The van der Waals surface area contributed by atoms with E-state index < -0.39 is 17.8 Å². The van der Waals surface area contributed by atoms with Crippen molar-refractivity contribution >= 4 is 17.8 Å². The number of rotatable bonds is 3. The Kier molecular flexibility index (Phi) is 4.80. The first-order valence-electron chi connectivity index (χ1n) is 4.00. The van der Waals surface area contributed by atoms with E-state index in [0.29, 0.717) is 12.8 Å². The second-order valence-corrected chi connectivity index (χ2v) is 2.67. The normalized spacial score (nSPS) is 13.1. The lowest BCUT2D eigenvalue weighted by atomic mass is 9.89. The molecule has 4 N–H and O–H groups in total. The van der Waals surface area contributed by atoms with Crippen molar-refractivity contribution in [2.24, 2.45) is 5.73 Å². The molecule has 1 rings (SSSR count). The summed E-state index contributed by atoms with van der Waals surface area (Å²) in [6, 6.07) is 0. The van der Waals surface area contributed by atoms with Crippen molar-refractivity contribution in [2.75, 3.05) is 0 Å². The van der Waals surface area contributed by atoms with Gasteiger partial charge in [0.25, 0.3) is 0 Å². The predicted molar refractivity (Wildman–Crippen MR) is 50.9 cm³/mol. The van der Waals surface area contributed by atoms with Gasteiger partial charge in [0.2, 0.25) is 5.91 Å². The Labute approximate surface area is 85.7 Å². The average Bonchev–Trinajstić information content (AvgIpc) is 2.00. The number of carbonyl (C=O) groups excluding carboxylic acids is 1. The van der Waals surface area contributed by atoms with Gasteiger partial charge < -0.3 is 15.9 Å². The number of nitrogens with two attached hydrogens (primary N) is 1. The quantitative estimate of drug-likeness (QED) is 0.566. The maximum Gasteiger partial charge on any atom is 0.332 e. The van der Waals surface area contributed by atoms with Crippen LogP contribution in [0.2, 0.25) is 0 Å². The Bertz CT molecular complexity index is 318. The molecule has 0 saturated heterocycles. The van der Waals surface area contributed by atoms with E-state index in [4.69, 9.17) is 10.2 Å². The molecule has 82 valence electrons. The molecule has 15 heavy (non-hydrogen) atoms. The summed E-state index contributed by atoms with van der Waals surface area (Å²) in [6.45, 7) is 3.09. The van der Waals surface area contributed by atoms with Crippen LogP contribution in [-0.2, 0) is 14.4 Å². The highest BCUT2D eigenvalue weighted by atomic mass is 16.4. The first-order chi connectivity index (χ1) is 6.90. The molecule has 0 atom stereocenters. The smallest absolute Gasteiger partial charge is 0.332 e. The van der Waals surface area contributed by atoms with Crippen LogP contribution in [0.15, 0.2) is 23.8 Å². The molecule has 0 aromatic heterocycles. The van der Waals surface area contributed by atoms with Crippen molar-refractivity contribution in [2.45, 2.75) is 12.8 Å². The molecule has 1 aliphatic rings. The van der Waals surface area contributed by atoms with Gasteiger partial charge in [-0.2, -0.15) is 0 Å². The molecule has 0 heterocycles. The van der Waals surface area contributed by atoms with Gasteiger partial charge in [-0.15, -0.1) is 0 Å². The van der Waals surface area contributed by atoms with E-state index in [-0.39, 0.29) is 11.1 Å².